The summed E-state index contributed by atoms with van der Waals surface area (Å²) in [6, 6.07) is 2.01. The molecule has 0 aliphatic rings. The number of hydrogen-bond acceptors (Lipinski definition) is 3. The minimum Gasteiger partial charge on any atom is -0.374 e. The highest BCUT2D eigenvalue weighted by molar-refractivity contribution is 5.04. The first-order valence-electron chi connectivity index (χ1n) is 6.46. The quantitative estimate of drug-likeness (QED) is 0.790. The third-order valence-corrected chi connectivity index (χ3v) is 3.50. The minimum atomic E-state index is -0.216. The van der Waals surface area contributed by atoms with Crippen LogP contribution in [0.4, 0.5) is 0 Å². The normalized spacial score (nSPS) is 13.9. The molecule has 0 aliphatic heterocycles. The summed E-state index contributed by atoms with van der Waals surface area (Å²) in [6.45, 7) is 7.00. The highest BCUT2D eigenvalue weighted by Gasteiger charge is 2.34. The first-order chi connectivity index (χ1) is 8.07. The summed E-state index contributed by atoms with van der Waals surface area (Å²) >= 11 is 0. The Hall–Kier alpha value is -0.870. The van der Waals surface area contributed by atoms with Gasteiger partial charge in [-0.3, -0.25) is 4.68 Å². The van der Waals surface area contributed by atoms with Crippen LogP contribution in [-0.2, 0) is 18.2 Å². The molecule has 0 bridgehead atoms. The number of aromatic nitrogens is 2. The molecule has 1 aromatic rings. The van der Waals surface area contributed by atoms with Crippen molar-refractivity contribution < 1.29 is 4.74 Å². The molecule has 0 fully saturated rings. The highest BCUT2D eigenvalue weighted by atomic mass is 16.5. The van der Waals surface area contributed by atoms with Crippen molar-refractivity contribution in [1.29, 1.82) is 0 Å². The van der Waals surface area contributed by atoms with Crippen molar-refractivity contribution in [2.75, 3.05) is 6.61 Å². The average molecular weight is 239 g/mol. The fourth-order valence-corrected chi connectivity index (χ4v) is 2.36. The van der Waals surface area contributed by atoms with Gasteiger partial charge in [-0.1, -0.05) is 13.8 Å². The molecule has 1 unspecified atom stereocenters. The van der Waals surface area contributed by atoms with Crippen LogP contribution in [0.5, 0.6) is 0 Å². The number of nitrogens with zero attached hydrogens (tertiary/aromatic N) is 2. The van der Waals surface area contributed by atoms with Gasteiger partial charge >= 0.3 is 0 Å². The molecule has 0 aliphatic carbocycles. The van der Waals surface area contributed by atoms with Crippen molar-refractivity contribution in [3.63, 3.8) is 0 Å². The second-order valence-corrected chi connectivity index (χ2v) is 4.50. The van der Waals surface area contributed by atoms with Crippen LogP contribution in [0.25, 0.3) is 0 Å². The van der Waals surface area contributed by atoms with E-state index in [1.807, 2.05) is 30.9 Å². The Balaban J connectivity index is 2.74. The third-order valence-electron chi connectivity index (χ3n) is 3.50. The van der Waals surface area contributed by atoms with E-state index in [2.05, 4.69) is 18.9 Å². The minimum absolute atomic E-state index is 0.00708. The van der Waals surface area contributed by atoms with Crippen molar-refractivity contribution in [2.24, 2.45) is 12.8 Å². The number of aryl methyl sites for hydroxylation is 1. The number of rotatable bonds is 7. The topological polar surface area (TPSA) is 53.1 Å². The van der Waals surface area contributed by atoms with Crippen LogP contribution in [0.15, 0.2) is 12.3 Å². The van der Waals surface area contributed by atoms with Gasteiger partial charge in [-0.2, -0.15) is 5.10 Å². The average Bonchev–Trinajstić information content (AvgIpc) is 2.71. The molecule has 17 heavy (non-hydrogen) atoms. The van der Waals surface area contributed by atoms with Crippen LogP contribution in [-0.4, -0.2) is 28.0 Å². The van der Waals surface area contributed by atoms with Gasteiger partial charge in [0.1, 0.15) is 0 Å². The molecule has 0 radical (unpaired) electrons. The first kappa shape index (κ1) is 14.2. The smallest absolute Gasteiger partial charge is 0.0831 e. The molecule has 0 aromatic carbocycles. The van der Waals surface area contributed by atoms with Crippen LogP contribution in [0.1, 0.15) is 39.3 Å². The molecule has 4 heteroatoms. The maximum atomic E-state index is 6.33. The molecule has 0 spiro atoms. The van der Waals surface area contributed by atoms with E-state index in [0.717, 1.165) is 25.0 Å². The Morgan fingerprint density at radius 3 is 2.47 bits per heavy atom. The summed E-state index contributed by atoms with van der Waals surface area (Å²) in [5.74, 6) is 0. The first-order valence-corrected chi connectivity index (χ1v) is 6.46. The lowest BCUT2D eigenvalue weighted by Gasteiger charge is -2.37. The van der Waals surface area contributed by atoms with Crippen molar-refractivity contribution in [3.05, 3.63) is 18.0 Å². The maximum Gasteiger partial charge on any atom is 0.0831 e. The zero-order valence-corrected chi connectivity index (χ0v) is 11.4. The van der Waals surface area contributed by atoms with Gasteiger partial charge in [0.2, 0.25) is 0 Å². The molecule has 4 nitrogen and oxygen atoms in total. The highest BCUT2D eigenvalue weighted by Crippen LogP contribution is 2.25. The number of nitrogens with two attached hydrogens (primary N) is 1. The predicted molar refractivity (Wildman–Crippen MR) is 69.8 cm³/mol. The van der Waals surface area contributed by atoms with E-state index in [1.165, 1.54) is 0 Å². The van der Waals surface area contributed by atoms with Gasteiger partial charge in [0.15, 0.2) is 0 Å². The largest absolute Gasteiger partial charge is 0.374 e. The molecule has 1 atom stereocenters. The summed E-state index contributed by atoms with van der Waals surface area (Å²) in [5, 5.41) is 4.37. The lowest BCUT2D eigenvalue weighted by molar-refractivity contribution is -0.0635. The standard InChI is InChI=1S/C13H25N3O/c1-5-13(6-2,17-7-3)12(14)10-11-8-9-16(4)15-11/h8-9,12H,5-7,10,14H2,1-4H3. The monoisotopic (exact) mass is 239 g/mol. The number of hydrogen-bond donors (Lipinski definition) is 1. The van der Waals surface area contributed by atoms with E-state index in [9.17, 15) is 0 Å². The van der Waals surface area contributed by atoms with Gasteiger partial charge < -0.3 is 10.5 Å². The van der Waals surface area contributed by atoms with Crippen molar-refractivity contribution in [3.8, 4) is 0 Å². The van der Waals surface area contributed by atoms with E-state index in [1.54, 1.807) is 0 Å². The van der Waals surface area contributed by atoms with Crippen LogP contribution in [0.2, 0.25) is 0 Å². The van der Waals surface area contributed by atoms with Gasteiger partial charge in [0, 0.05) is 32.3 Å². The maximum absolute atomic E-state index is 6.33. The summed E-state index contributed by atoms with van der Waals surface area (Å²) < 4.78 is 7.72. The van der Waals surface area contributed by atoms with Crippen molar-refractivity contribution in [1.82, 2.24) is 9.78 Å². The lowest BCUT2D eigenvalue weighted by atomic mass is 9.86. The van der Waals surface area contributed by atoms with Gasteiger partial charge in [0.25, 0.3) is 0 Å². The Bertz CT molecular complexity index is 331. The summed E-state index contributed by atoms with van der Waals surface area (Å²) in [6.07, 6.45) is 4.58. The van der Waals surface area contributed by atoms with Gasteiger partial charge in [-0.05, 0) is 25.8 Å². The molecule has 1 aromatic heterocycles. The Kier molecular flexibility index (Phi) is 5.15. The summed E-state index contributed by atoms with van der Waals surface area (Å²) in [5.41, 5.74) is 7.14. The second-order valence-electron chi connectivity index (χ2n) is 4.50. The van der Waals surface area contributed by atoms with E-state index in [0.29, 0.717) is 6.61 Å². The number of ether oxygens (including phenoxy) is 1. The molecule has 1 heterocycles. The van der Waals surface area contributed by atoms with Gasteiger partial charge in [-0.15, -0.1) is 0 Å². The SMILES string of the molecule is CCOC(CC)(CC)C(N)Cc1ccn(C)n1. The zero-order chi connectivity index (χ0) is 12.9. The molecule has 0 amide bonds. The lowest BCUT2D eigenvalue weighted by Crippen LogP contribution is -2.50. The van der Waals surface area contributed by atoms with E-state index in [-0.39, 0.29) is 11.6 Å². The summed E-state index contributed by atoms with van der Waals surface area (Å²) in [4.78, 5) is 0. The molecule has 0 saturated heterocycles. The fourth-order valence-electron chi connectivity index (χ4n) is 2.36. The van der Waals surface area contributed by atoms with Crippen LogP contribution < -0.4 is 5.73 Å². The van der Waals surface area contributed by atoms with Crippen LogP contribution in [0, 0.1) is 0 Å². The molecule has 0 saturated carbocycles. The Morgan fingerprint density at radius 2 is 2.06 bits per heavy atom. The zero-order valence-electron chi connectivity index (χ0n) is 11.4. The Morgan fingerprint density at radius 1 is 1.41 bits per heavy atom. The van der Waals surface area contributed by atoms with Crippen molar-refractivity contribution >= 4 is 0 Å². The Labute approximate surface area is 104 Å². The van der Waals surface area contributed by atoms with Crippen LogP contribution >= 0.6 is 0 Å². The molecule has 2 N–H and O–H groups in total. The third kappa shape index (κ3) is 3.30. The van der Waals surface area contributed by atoms with Crippen molar-refractivity contribution in [2.45, 2.75) is 51.7 Å². The van der Waals surface area contributed by atoms with Gasteiger partial charge in [0.05, 0.1) is 11.3 Å². The predicted octanol–water partition coefficient (Wildman–Crippen LogP) is 1.89. The van der Waals surface area contributed by atoms with E-state index >= 15 is 0 Å². The van der Waals surface area contributed by atoms with Gasteiger partial charge in [-0.25, -0.2) is 0 Å². The molecule has 1 rings (SSSR count). The fraction of sp³-hybridized carbons (Fsp3) is 0.769. The molecular weight excluding hydrogens is 214 g/mol. The van der Waals surface area contributed by atoms with Crippen LogP contribution in [0.3, 0.4) is 0 Å². The second kappa shape index (κ2) is 6.17. The molecular formula is C13H25N3O. The van der Waals surface area contributed by atoms with E-state index in [4.69, 9.17) is 10.5 Å². The summed E-state index contributed by atoms with van der Waals surface area (Å²) in [7, 11) is 1.92. The molecule has 98 valence electrons. The van der Waals surface area contributed by atoms with E-state index < -0.39 is 0 Å².